The first-order valence-corrected chi connectivity index (χ1v) is 14.4. The predicted octanol–water partition coefficient (Wildman–Crippen LogP) is 1.80. The summed E-state index contributed by atoms with van der Waals surface area (Å²) in [5, 5.41) is 41.7. The molecule has 0 bridgehead atoms. The van der Waals surface area contributed by atoms with Crippen LogP contribution in [0.5, 0.6) is 23.0 Å². The zero-order valence-corrected chi connectivity index (χ0v) is 23.9. The van der Waals surface area contributed by atoms with E-state index < -0.39 is 0 Å². The molecular formula is C30H47N5O6. The van der Waals surface area contributed by atoms with Crippen LogP contribution in [-0.2, 0) is 22.4 Å². The van der Waals surface area contributed by atoms with Gasteiger partial charge < -0.3 is 47.0 Å². The van der Waals surface area contributed by atoms with Crippen molar-refractivity contribution < 1.29 is 30.0 Å². The molecule has 0 aliphatic heterocycles. The monoisotopic (exact) mass is 573 g/mol. The summed E-state index contributed by atoms with van der Waals surface area (Å²) in [4.78, 5) is 29.3. The Kier molecular flexibility index (Phi) is 15.4. The van der Waals surface area contributed by atoms with Crippen LogP contribution in [0.25, 0.3) is 0 Å². The minimum absolute atomic E-state index is 0.0302. The number of aryl methyl sites for hydroxylation is 2. The zero-order valence-electron chi connectivity index (χ0n) is 23.9. The van der Waals surface area contributed by atoms with Gasteiger partial charge in [0, 0.05) is 39.0 Å². The lowest BCUT2D eigenvalue weighted by Crippen LogP contribution is -2.36. The van der Waals surface area contributed by atoms with Crippen LogP contribution in [0.1, 0.15) is 49.7 Å². The number of nitrogens with one attached hydrogen (secondary N) is 1. The Morgan fingerprint density at radius 2 is 1.00 bits per heavy atom. The van der Waals surface area contributed by atoms with E-state index in [1.807, 2.05) is 9.80 Å². The van der Waals surface area contributed by atoms with Crippen molar-refractivity contribution in [1.29, 1.82) is 0 Å². The number of hydrogen-bond donors (Lipinski definition) is 7. The van der Waals surface area contributed by atoms with Crippen molar-refractivity contribution in [1.82, 2.24) is 15.1 Å². The summed E-state index contributed by atoms with van der Waals surface area (Å²) >= 11 is 0. The number of phenolic OH excluding ortho intramolecular Hbond substituents is 4. The third-order valence-corrected chi connectivity index (χ3v) is 6.87. The van der Waals surface area contributed by atoms with Crippen LogP contribution < -0.4 is 16.8 Å². The third-order valence-electron chi connectivity index (χ3n) is 6.87. The van der Waals surface area contributed by atoms with Gasteiger partial charge in [-0.25, -0.2) is 0 Å². The Morgan fingerprint density at radius 1 is 0.610 bits per heavy atom. The van der Waals surface area contributed by atoms with Crippen LogP contribution in [0.2, 0.25) is 0 Å². The molecule has 0 spiro atoms. The number of benzene rings is 2. The average Bonchev–Trinajstić information content (AvgIpc) is 2.96. The molecule has 0 fully saturated rings. The van der Waals surface area contributed by atoms with Gasteiger partial charge in [-0.1, -0.05) is 12.1 Å². The van der Waals surface area contributed by atoms with Crippen LogP contribution in [-0.4, -0.2) is 94.4 Å². The number of rotatable bonds is 20. The lowest BCUT2D eigenvalue weighted by molar-refractivity contribution is -0.132. The average molecular weight is 574 g/mol. The van der Waals surface area contributed by atoms with Gasteiger partial charge in [0.2, 0.25) is 11.8 Å². The highest BCUT2D eigenvalue weighted by atomic mass is 16.3. The van der Waals surface area contributed by atoms with Gasteiger partial charge in [0.25, 0.3) is 0 Å². The molecule has 0 aliphatic rings. The Hall–Kier alpha value is -3.54. The molecule has 11 heteroatoms. The molecule has 0 saturated carbocycles. The van der Waals surface area contributed by atoms with E-state index in [1.54, 1.807) is 12.1 Å². The first-order chi connectivity index (χ1) is 19.7. The molecule has 0 unspecified atom stereocenters. The Balaban J connectivity index is 1.71. The molecule has 2 aromatic carbocycles. The van der Waals surface area contributed by atoms with Crippen molar-refractivity contribution in [2.45, 2.75) is 51.4 Å². The van der Waals surface area contributed by atoms with E-state index in [2.05, 4.69) is 5.32 Å². The van der Waals surface area contributed by atoms with Crippen molar-refractivity contribution in [2.24, 2.45) is 11.5 Å². The van der Waals surface area contributed by atoms with Crippen molar-refractivity contribution in [2.75, 3.05) is 52.4 Å². The Morgan fingerprint density at radius 3 is 1.37 bits per heavy atom. The van der Waals surface area contributed by atoms with Crippen LogP contribution in [0.3, 0.4) is 0 Å². The highest BCUT2D eigenvalue weighted by molar-refractivity contribution is 5.77. The maximum absolute atomic E-state index is 12.8. The van der Waals surface area contributed by atoms with E-state index in [-0.39, 0.29) is 34.8 Å². The fourth-order valence-electron chi connectivity index (χ4n) is 4.47. The Bertz CT molecular complexity index is 1000. The third kappa shape index (κ3) is 12.7. The van der Waals surface area contributed by atoms with Gasteiger partial charge in [-0.05, 0) is 100 Å². The molecule has 11 nitrogen and oxygen atoms in total. The summed E-state index contributed by atoms with van der Waals surface area (Å²) in [5.41, 5.74) is 12.9. The number of hydrogen-bond acceptors (Lipinski definition) is 9. The zero-order chi connectivity index (χ0) is 30.0. The van der Waals surface area contributed by atoms with Crippen LogP contribution in [0.4, 0.5) is 0 Å². The number of nitrogens with two attached hydrogens (primary N) is 2. The highest BCUT2D eigenvalue weighted by Gasteiger charge is 2.15. The van der Waals surface area contributed by atoms with E-state index in [0.717, 1.165) is 49.9 Å². The van der Waals surface area contributed by atoms with Gasteiger partial charge in [0.1, 0.15) is 0 Å². The van der Waals surface area contributed by atoms with Gasteiger partial charge in [0.15, 0.2) is 23.0 Å². The molecule has 0 atom stereocenters. The lowest BCUT2D eigenvalue weighted by atomic mass is 10.1. The molecule has 0 aromatic heterocycles. The highest BCUT2D eigenvalue weighted by Crippen LogP contribution is 2.26. The van der Waals surface area contributed by atoms with E-state index in [0.29, 0.717) is 65.0 Å². The largest absolute Gasteiger partial charge is 0.504 e. The normalized spacial score (nSPS) is 11.0. The number of carbonyl (C=O) groups is 2. The first kappa shape index (κ1) is 33.7. The van der Waals surface area contributed by atoms with Crippen LogP contribution >= 0.6 is 0 Å². The molecule has 41 heavy (non-hydrogen) atoms. The van der Waals surface area contributed by atoms with Crippen molar-refractivity contribution in [3.8, 4) is 23.0 Å². The van der Waals surface area contributed by atoms with E-state index in [1.165, 1.54) is 24.3 Å². The van der Waals surface area contributed by atoms with Crippen molar-refractivity contribution >= 4 is 11.8 Å². The van der Waals surface area contributed by atoms with Crippen molar-refractivity contribution in [3.05, 3.63) is 47.5 Å². The van der Waals surface area contributed by atoms with Gasteiger partial charge >= 0.3 is 0 Å². The number of amides is 2. The smallest absolute Gasteiger partial charge is 0.222 e. The number of carbonyl (C=O) groups excluding carboxylic acids is 2. The second kappa shape index (κ2) is 18.7. The summed E-state index contributed by atoms with van der Waals surface area (Å²) in [6.45, 7) is 4.89. The number of nitrogens with zero attached hydrogens (tertiary/aromatic N) is 2. The minimum Gasteiger partial charge on any atom is -0.504 e. The molecular weight excluding hydrogens is 526 g/mol. The maximum atomic E-state index is 12.8. The van der Waals surface area contributed by atoms with Crippen molar-refractivity contribution in [3.63, 3.8) is 0 Å². The molecule has 0 heterocycles. The van der Waals surface area contributed by atoms with Gasteiger partial charge in [-0.2, -0.15) is 0 Å². The second-order valence-electron chi connectivity index (χ2n) is 10.1. The fraction of sp³-hybridized carbons (Fsp3) is 0.533. The number of aromatic hydroxyl groups is 4. The first-order valence-electron chi connectivity index (χ1n) is 14.4. The van der Waals surface area contributed by atoms with Crippen LogP contribution in [0, 0.1) is 0 Å². The molecule has 2 aromatic rings. The summed E-state index contributed by atoms with van der Waals surface area (Å²) < 4.78 is 0. The molecule has 2 amide bonds. The summed E-state index contributed by atoms with van der Waals surface area (Å²) in [5.74, 6) is -0.685. The minimum atomic E-state index is -0.192. The molecule has 0 saturated heterocycles. The topological polar surface area (TPSA) is 186 Å². The summed E-state index contributed by atoms with van der Waals surface area (Å²) in [6.07, 6.45) is 4.57. The summed E-state index contributed by atoms with van der Waals surface area (Å²) in [6, 6.07) is 9.19. The fourth-order valence-corrected chi connectivity index (χ4v) is 4.47. The number of phenols is 4. The summed E-state index contributed by atoms with van der Waals surface area (Å²) in [7, 11) is 0. The van der Waals surface area contributed by atoms with E-state index >= 15 is 0 Å². The van der Waals surface area contributed by atoms with E-state index in [9.17, 15) is 30.0 Å². The lowest BCUT2D eigenvalue weighted by Gasteiger charge is -2.24. The van der Waals surface area contributed by atoms with Gasteiger partial charge in [0.05, 0.1) is 0 Å². The second-order valence-corrected chi connectivity index (χ2v) is 10.1. The Labute approximate surface area is 242 Å². The maximum Gasteiger partial charge on any atom is 0.222 e. The van der Waals surface area contributed by atoms with Crippen LogP contribution in [0.15, 0.2) is 36.4 Å². The van der Waals surface area contributed by atoms with E-state index in [4.69, 9.17) is 11.5 Å². The molecule has 228 valence electrons. The van der Waals surface area contributed by atoms with Gasteiger partial charge in [-0.15, -0.1) is 0 Å². The molecule has 0 radical (unpaired) electrons. The molecule has 2 rings (SSSR count). The standard InChI is InChI=1S/C30H47N5O6/c31-13-1-17-34(29(40)11-7-23-5-9-25(36)27(38)21-23)19-3-15-33-16-4-20-35(18-2-14-32)30(41)12-8-24-6-10-26(37)28(39)22-24/h5-6,9-10,21-22,33,36-39H,1-4,7-8,11-20,31-32H2. The van der Waals surface area contributed by atoms with Gasteiger partial charge in [-0.3, -0.25) is 9.59 Å². The SMILES string of the molecule is NCCCN(CCCNCCCN(CCCN)C(=O)CCc1ccc(O)c(O)c1)C(=O)CCc1ccc(O)c(O)c1. The molecule has 0 aliphatic carbocycles. The predicted molar refractivity (Wildman–Crippen MR) is 159 cm³/mol. The molecule has 9 N–H and O–H groups in total. The quantitative estimate of drug-likeness (QED) is 0.0916.